The predicted octanol–water partition coefficient (Wildman–Crippen LogP) is 0.878. The molecule has 2 saturated heterocycles. The van der Waals surface area contributed by atoms with Crippen LogP contribution in [-0.4, -0.2) is 44.2 Å². The minimum atomic E-state index is -0.450. The van der Waals surface area contributed by atoms with E-state index in [-0.39, 0.29) is 28.7 Å². The zero-order valence-electron chi connectivity index (χ0n) is 13.1. The number of rotatable bonds is 0. The van der Waals surface area contributed by atoms with Gasteiger partial charge in [-0.05, 0) is 25.7 Å². The average Bonchev–Trinajstić information content (AvgIpc) is 2.98. The smallest absolute Gasteiger partial charge is 0.257 e. The van der Waals surface area contributed by atoms with Gasteiger partial charge in [0.25, 0.3) is 23.6 Å². The fraction of sp³-hybridized carbons (Fsp3) is 0.625. The summed E-state index contributed by atoms with van der Waals surface area (Å²) in [6.45, 7) is 0. The Morgan fingerprint density at radius 2 is 1.00 bits per heavy atom. The number of imide groups is 2. The zero-order chi connectivity index (χ0) is 17.4. The highest BCUT2D eigenvalue weighted by Crippen LogP contribution is 2.37. The number of hydroxylamine groups is 4. The maximum absolute atomic E-state index is 11.2. The Labute approximate surface area is 138 Å². The van der Waals surface area contributed by atoms with Gasteiger partial charge in [0.2, 0.25) is 0 Å². The van der Waals surface area contributed by atoms with Crippen LogP contribution >= 0.6 is 0 Å². The molecule has 3 fully saturated rings. The average molecular weight is 336 g/mol. The summed E-state index contributed by atoms with van der Waals surface area (Å²) in [6, 6.07) is 0. The van der Waals surface area contributed by atoms with Crippen LogP contribution in [0.4, 0.5) is 0 Å². The van der Waals surface area contributed by atoms with Crippen LogP contribution in [0.15, 0.2) is 12.2 Å². The molecular formula is C16H20N2O6. The van der Waals surface area contributed by atoms with Crippen LogP contribution in [0.5, 0.6) is 0 Å². The maximum Gasteiger partial charge on any atom is 0.257 e. The highest BCUT2D eigenvalue weighted by Gasteiger charge is 2.48. The zero-order valence-corrected chi connectivity index (χ0v) is 13.1. The van der Waals surface area contributed by atoms with Gasteiger partial charge in [-0.25, -0.2) is 0 Å². The molecule has 0 aromatic heterocycles. The summed E-state index contributed by atoms with van der Waals surface area (Å²) in [5.41, 5.74) is 0. The van der Waals surface area contributed by atoms with Crippen molar-refractivity contribution < 1.29 is 29.6 Å². The first-order valence-electron chi connectivity index (χ1n) is 8.22. The molecule has 4 amide bonds. The van der Waals surface area contributed by atoms with E-state index < -0.39 is 23.6 Å². The monoisotopic (exact) mass is 336 g/mol. The Morgan fingerprint density at radius 1 is 0.667 bits per heavy atom. The van der Waals surface area contributed by atoms with Crippen LogP contribution < -0.4 is 0 Å². The second kappa shape index (κ2) is 6.45. The maximum atomic E-state index is 11.2. The van der Waals surface area contributed by atoms with E-state index >= 15 is 0 Å². The highest BCUT2D eigenvalue weighted by molar-refractivity contribution is 6.04. The second-order valence-corrected chi connectivity index (χ2v) is 6.63. The minimum Gasteiger partial charge on any atom is -0.278 e. The molecule has 0 spiro atoms. The molecule has 0 bridgehead atoms. The summed E-state index contributed by atoms with van der Waals surface area (Å²) in [4.78, 5) is 44.8. The van der Waals surface area contributed by atoms with Gasteiger partial charge in [0.15, 0.2) is 0 Å². The Morgan fingerprint density at radius 3 is 1.38 bits per heavy atom. The Kier molecular flexibility index (Phi) is 4.51. The van der Waals surface area contributed by atoms with Crippen molar-refractivity contribution in [1.29, 1.82) is 0 Å². The van der Waals surface area contributed by atoms with Crippen molar-refractivity contribution in [3.8, 4) is 0 Å². The van der Waals surface area contributed by atoms with E-state index in [1.807, 2.05) is 12.2 Å². The van der Waals surface area contributed by atoms with Crippen LogP contribution in [0.25, 0.3) is 0 Å². The molecule has 2 N–H and O–H groups in total. The Bertz CT molecular complexity index is 566. The van der Waals surface area contributed by atoms with E-state index in [4.69, 9.17) is 10.4 Å². The summed E-state index contributed by atoms with van der Waals surface area (Å²) < 4.78 is 0. The highest BCUT2D eigenvalue weighted by atomic mass is 16.5. The standard InChI is InChI=1S/C8H11NO3.C8H9NO3/c2*10-7-5-3-1-2-4-6(5)8(11)9(7)12/h5-6,12H,1-4H2;1-2,5-6,12H,3-4H2/t2*5-,6+. The van der Waals surface area contributed by atoms with Gasteiger partial charge in [0.1, 0.15) is 0 Å². The van der Waals surface area contributed by atoms with Crippen LogP contribution in [-0.2, 0) is 19.2 Å². The summed E-state index contributed by atoms with van der Waals surface area (Å²) in [5, 5.41) is 18.6. The first-order valence-corrected chi connectivity index (χ1v) is 8.22. The number of carbonyl (C=O) groups excluding carboxylic acids is 4. The van der Waals surface area contributed by atoms with E-state index in [2.05, 4.69) is 0 Å². The fourth-order valence-corrected chi connectivity index (χ4v) is 3.93. The van der Waals surface area contributed by atoms with Crippen LogP contribution in [0.2, 0.25) is 0 Å². The first-order chi connectivity index (χ1) is 11.4. The van der Waals surface area contributed by atoms with Gasteiger partial charge < -0.3 is 0 Å². The number of allylic oxidation sites excluding steroid dienone is 2. The van der Waals surface area contributed by atoms with Gasteiger partial charge in [-0.3, -0.25) is 29.6 Å². The van der Waals surface area contributed by atoms with Gasteiger partial charge in [-0.1, -0.05) is 25.0 Å². The van der Waals surface area contributed by atoms with Crippen LogP contribution in [0.3, 0.4) is 0 Å². The van der Waals surface area contributed by atoms with Crippen molar-refractivity contribution in [2.75, 3.05) is 0 Å². The molecule has 1 saturated carbocycles. The van der Waals surface area contributed by atoms with E-state index in [0.717, 1.165) is 25.7 Å². The molecular weight excluding hydrogens is 316 g/mol. The molecule has 8 nitrogen and oxygen atoms in total. The van der Waals surface area contributed by atoms with E-state index in [9.17, 15) is 19.2 Å². The van der Waals surface area contributed by atoms with Crippen molar-refractivity contribution in [2.24, 2.45) is 23.7 Å². The summed E-state index contributed by atoms with van der Waals surface area (Å²) >= 11 is 0. The van der Waals surface area contributed by atoms with Gasteiger partial charge >= 0.3 is 0 Å². The largest absolute Gasteiger partial charge is 0.278 e. The topological polar surface area (TPSA) is 115 Å². The Balaban J connectivity index is 0.000000141. The molecule has 0 radical (unpaired) electrons. The third-order valence-corrected chi connectivity index (χ3v) is 5.30. The number of hydrogen-bond acceptors (Lipinski definition) is 6. The molecule has 130 valence electrons. The van der Waals surface area contributed by atoms with E-state index in [1.54, 1.807) is 0 Å². The summed E-state index contributed by atoms with van der Waals surface area (Å²) in [5.74, 6) is -2.77. The molecule has 2 aliphatic heterocycles. The van der Waals surface area contributed by atoms with E-state index in [0.29, 0.717) is 17.9 Å². The lowest BCUT2D eigenvalue weighted by atomic mass is 9.81. The second-order valence-electron chi connectivity index (χ2n) is 6.63. The molecule has 0 aromatic carbocycles. The van der Waals surface area contributed by atoms with Gasteiger partial charge in [-0.2, -0.15) is 10.1 Å². The molecule has 4 aliphatic rings. The molecule has 0 unspecified atom stereocenters. The number of fused-ring (bicyclic) bond motifs is 2. The molecule has 4 atom stereocenters. The molecule has 8 heteroatoms. The van der Waals surface area contributed by atoms with Crippen LogP contribution in [0, 0.1) is 23.7 Å². The minimum absolute atomic E-state index is 0.226. The lowest BCUT2D eigenvalue weighted by Gasteiger charge is -2.19. The van der Waals surface area contributed by atoms with Crippen molar-refractivity contribution in [3.05, 3.63) is 12.2 Å². The Hall–Kier alpha value is -2.06. The number of nitrogens with zero attached hydrogens (tertiary/aromatic N) is 2. The third-order valence-electron chi connectivity index (χ3n) is 5.30. The SMILES string of the molecule is O=C1[C@H]2CC=CC[C@H]2C(=O)N1O.O=C1[C@H]2CCCC[C@H]2C(=O)N1O. The van der Waals surface area contributed by atoms with Crippen LogP contribution in [0.1, 0.15) is 38.5 Å². The van der Waals surface area contributed by atoms with Gasteiger partial charge in [0.05, 0.1) is 23.7 Å². The van der Waals surface area contributed by atoms with Crippen molar-refractivity contribution >= 4 is 23.6 Å². The van der Waals surface area contributed by atoms with Crippen molar-refractivity contribution in [3.63, 3.8) is 0 Å². The number of hydrogen-bond donors (Lipinski definition) is 2. The first kappa shape index (κ1) is 16.8. The molecule has 0 aromatic rings. The summed E-state index contributed by atoms with van der Waals surface area (Å²) in [6.07, 6.45) is 8.41. The molecule has 2 heterocycles. The normalized spacial score (nSPS) is 34.9. The van der Waals surface area contributed by atoms with E-state index in [1.165, 1.54) is 0 Å². The number of amides is 4. The predicted molar refractivity (Wildman–Crippen MR) is 78.1 cm³/mol. The molecule has 24 heavy (non-hydrogen) atoms. The van der Waals surface area contributed by atoms with Gasteiger partial charge in [0, 0.05) is 0 Å². The van der Waals surface area contributed by atoms with Crippen molar-refractivity contribution in [1.82, 2.24) is 10.1 Å². The fourth-order valence-electron chi connectivity index (χ4n) is 3.93. The summed E-state index contributed by atoms with van der Waals surface area (Å²) in [7, 11) is 0. The lowest BCUT2D eigenvalue weighted by Crippen LogP contribution is -2.26. The molecule has 2 aliphatic carbocycles. The molecule has 4 rings (SSSR count). The third kappa shape index (κ3) is 2.65. The lowest BCUT2D eigenvalue weighted by molar-refractivity contribution is -0.174. The quantitative estimate of drug-likeness (QED) is 0.385. The van der Waals surface area contributed by atoms with Gasteiger partial charge in [-0.15, -0.1) is 0 Å². The number of carbonyl (C=O) groups is 4. The van der Waals surface area contributed by atoms with Crippen molar-refractivity contribution in [2.45, 2.75) is 38.5 Å².